The monoisotopic (exact) mass is 360 g/mol. The van der Waals surface area contributed by atoms with Crippen LogP contribution in [-0.2, 0) is 0 Å². The van der Waals surface area contributed by atoms with Crippen LogP contribution in [0.1, 0.15) is 105 Å². The number of hydrogen-bond donors (Lipinski definition) is 1. The summed E-state index contributed by atoms with van der Waals surface area (Å²) in [6.45, 7) is 9.13. The second kappa shape index (κ2) is 7.09. The van der Waals surface area contributed by atoms with Gasteiger partial charge in [-0.25, -0.2) is 0 Å². The number of aliphatic hydroxyl groups is 1. The van der Waals surface area contributed by atoms with Crippen LogP contribution in [0.5, 0.6) is 0 Å². The number of rotatable bonds is 4. The quantitative estimate of drug-likeness (QED) is 0.582. The molecule has 8 atom stereocenters. The molecule has 0 amide bonds. The summed E-state index contributed by atoms with van der Waals surface area (Å²) >= 11 is 0. The topological polar surface area (TPSA) is 20.2 Å². The standard InChI is InChI=1S/C25H44O/c1-17(13-15-24(2,3)26)22-11-12-23-21-10-9-18-7-5-6-8-19(18)20(21)14-16-25(22,23)4/h17-23,26H,5-16H2,1-4H3/t17-,18+,19+,20?,21?,22-,23?,25-/m1/s1. The molecule has 0 saturated heterocycles. The molecule has 3 unspecified atom stereocenters. The van der Waals surface area contributed by atoms with Gasteiger partial charge in [-0.1, -0.05) is 33.1 Å². The van der Waals surface area contributed by atoms with Crippen molar-refractivity contribution in [2.75, 3.05) is 0 Å². The van der Waals surface area contributed by atoms with E-state index in [4.69, 9.17) is 0 Å². The van der Waals surface area contributed by atoms with Crippen molar-refractivity contribution >= 4 is 0 Å². The van der Waals surface area contributed by atoms with E-state index in [-0.39, 0.29) is 0 Å². The molecule has 0 aromatic carbocycles. The highest BCUT2D eigenvalue weighted by Gasteiger charge is 2.57. The normalized spacial score (nSPS) is 47.0. The zero-order chi connectivity index (χ0) is 18.5. The average molecular weight is 361 g/mol. The summed E-state index contributed by atoms with van der Waals surface area (Å²) in [5.41, 5.74) is 0.103. The fourth-order valence-electron chi connectivity index (χ4n) is 8.59. The molecule has 4 fully saturated rings. The minimum atomic E-state index is -0.496. The molecule has 0 aliphatic heterocycles. The van der Waals surface area contributed by atoms with Gasteiger partial charge in [-0.3, -0.25) is 0 Å². The lowest BCUT2D eigenvalue weighted by molar-refractivity contribution is -0.0697. The van der Waals surface area contributed by atoms with Gasteiger partial charge in [-0.15, -0.1) is 0 Å². The fraction of sp³-hybridized carbons (Fsp3) is 1.00. The van der Waals surface area contributed by atoms with E-state index in [1.807, 2.05) is 13.8 Å². The van der Waals surface area contributed by atoms with Crippen LogP contribution in [0.25, 0.3) is 0 Å². The van der Waals surface area contributed by atoms with Crippen molar-refractivity contribution in [3.63, 3.8) is 0 Å². The van der Waals surface area contributed by atoms with Crippen molar-refractivity contribution in [3.05, 3.63) is 0 Å². The Morgan fingerprint density at radius 1 is 0.923 bits per heavy atom. The highest BCUT2D eigenvalue weighted by Crippen LogP contribution is 2.65. The molecule has 1 nitrogen and oxygen atoms in total. The van der Waals surface area contributed by atoms with E-state index in [1.165, 1.54) is 44.9 Å². The predicted octanol–water partition coefficient (Wildman–Crippen LogP) is 6.83. The first-order valence-electron chi connectivity index (χ1n) is 12.0. The molecule has 1 heteroatoms. The molecule has 150 valence electrons. The molecule has 1 N–H and O–H groups in total. The Kier molecular flexibility index (Phi) is 5.26. The van der Waals surface area contributed by atoms with E-state index in [9.17, 15) is 5.11 Å². The van der Waals surface area contributed by atoms with Gasteiger partial charge in [-0.05, 0) is 118 Å². The van der Waals surface area contributed by atoms with Crippen LogP contribution in [0.3, 0.4) is 0 Å². The first-order valence-corrected chi connectivity index (χ1v) is 12.0. The van der Waals surface area contributed by atoms with E-state index in [1.54, 1.807) is 25.7 Å². The van der Waals surface area contributed by atoms with Crippen molar-refractivity contribution < 1.29 is 5.11 Å². The minimum Gasteiger partial charge on any atom is -0.390 e. The molecule has 0 aromatic heterocycles. The fourth-order valence-corrected chi connectivity index (χ4v) is 8.59. The Bertz CT molecular complexity index is 491. The van der Waals surface area contributed by atoms with E-state index in [0.717, 1.165) is 47.8 Å². The summed E-state index contributed by atoms with van der Waals surface area (Å²) in [4.78, 5) is 0. The van der Waals surface area contributed by atoms with Gasteiger partial charge >= 0.3 is 0 Å². The van der Waals surface area contributed by atoms with Crippen molar-refractivity contribution in [2.24, 2.45) is 46.8 Å². The van der Waals surface area contributed by atoms with Gasteiger partial charge in [0.15, 0.2) is 0 Å². The Hall–Kier alpha value is -0.0400. The molecule has 0 radical (unpaired) electrons. The first kappa shape index (κ1) is 19.3. The average Bonchev–Trinajstić information content (AvgIpc) is 2.96. The molecule has 4 aliphatic carbocycles. The summed E-state index contributed by atoms with van der Waals surface area (Å²) < 4.78 is 0. The Morgan fingerprint density at radius 3 is 2.46 bits per heavy atom. The maximum Gasteiger partial charge on any atom is 0.0591 e. The van der Waals surface area contributed by atoms with Crippen LogP contribution < -0.4 is 0 Å². The highest BCUT2D eigenvalue weighted by atomic mass is 16.3. The van der Waals surface area contributed by atoms with E-state index >= 15 is 0 Å². The van der Waals surface area contributed by atoms with Crippen LogP contribution in [0.2, 0.25) is 0 Å². The third kappa shape index (κ3) is 3.40. The maximum absolute atomic E-state index is 10.2. The van der Waals surface area contributed by atoms with Crippen LogP contribution in [0.4, 0.5) is 0 Å². The molecule has 0 bridgehead atoms. The lowest BCUT2D eigenvalue weighted by Crippen LogP contribution is -2.48. The van der Waals surface area contributed by atoms with E-state index in [2.05, 4.69) is 13.8 Å². The van der Waals surface area contributed by atoms with Gasteiger partial charge in [0.2, 0.25) is 0 Å². The van der Waals surface area contributed by atoms with E-state index in [0.29, 0.717) is 5.41 Å². The highest BCUT2D eigenvalue weighted by molar-refractivity contribution is 5.06. The van der Waals surface area contributed by atoms with Gasteiger partial charge in [-0.2, -0.15) is 0 Å². The zero-order valence-electron chi connectivity index (χ0n) is 18.0. The van der Waals surface area contributed by atoms with Crippen LogP contribution >= 0.6 is 0 Å². The third-order valence-corrected chi connectivity index (χ3v) is 9.85. The summed E-state index contributed by atoms with van der Waals surface area (Å²) in [7, 11) is 0. The second-order valence-corrected chi connectivity index (χ2v) is 11.8. The predicted molar refractivity (Wildman–Crippen MR) is 110 cm³/mol. The van der Waals surface area contributed by atoms with Gasteiger partial charge in [0.05, 0.1) is 5.60 Å². The number of fused-ring (bicyclic) bond motifs is 5. The number of hydrogen-bond acceptors (Lipinski definition) is 1. The Balaban J connectivity index is 1.46. The third-order valence-electron chi connectivity index (χ3n) is 9.85. The van der Waals surface area contributed by atoms with Crippen LogP contribution in [0, 0.1) is 46.8 Å². The van der Waals surface area contributed by atoms with Gasteiger partial charge < -0.3 is 5.11 Å². The molecule has 0 spiro atoms. The van der Waals surface area contributed by atoms with Crippen molar-refractivity contribution in [1.29, 1.82) is 0 Å². The van der Waals surface area contributed by atoms with Crippen molar-refractivity contribution in [1.82, 2.24) is 0 Å². The summed E-state index contributed by atoms with van der Waals surface area (Å²) in [5.74, 6) is 7.02. The minimum absolute atomic E-state index is 0.496. The maximum atomic E-state index is 10.2. The molecule has 0 aromatic rings. The SMILES string of the molecule is C[C@H](CCC(C)(C)O)[C@H]1CCC2C3CC[C@@H]4CCCC[C@@H]4C3CC[C@@]21C. The van der Waals surface area contributed by atoms with Gasteiger partial charge in [0.1, 0.15) is 0 Å². The van der Waals surface area contributed by atoms with Crippen molar-refractivity contribution in [3.8, 4) is 0 Å². The Labute approximate surface area is 162 Å². The van der Waals surface area contributed by atoms with Crippen LogP contribution in [-0.4, -0.2) is 10.7 Å². The van der Waals surface area contributed by atoms with Gasteiger partial charge in [0.25, 0.3) is 0 Å². The molecular weight excluding hydrogens is 316 g/mol. The largest absolute Gasteiger partial charge is 0.390 e. The van der Waals surface area contributed by atoms with Crippen molar-refractivity contribution in [2.45, 2.75) is 110 Å². The molecule has 26 heavy (non-hydrogen) atoms. The lowest BCUT2D eigenvalue weighted by atomic mass is 9.49. The first-order chi connectivity index (χ1) is 12.3. The molecule has 4 aliphatic rings. The lowest BCUT2D eigenvalue weighted by Gasteiger charge is -2.56. The summed E-state index contributed by atoms with van der Waals surface area (Å²) in [5, 5.41) is 10.2. The molecular formula is C25H44O. The Morgan fingerprint density at radius 2 is 1.69 bits per heavy atom. The summed E-state index contributed by atoms with van der Waals surface area (Å²) in [6, 6.07) is 0. The summed E-state index contributed by atoms with van der Waals surface area (Å²) in [6.07, 6.45) is 17.4. The van der Waals surface area contributed by atoms with Crippen LogP contribution in [0.15, 0.2) is 0 Å². The van der Waals surface area contributed by atoms with E-state index < -0.39 is 5.60 Å². The molecule has 4 rings (SSSR count). The smallest absolute Gasteiger partial charge is 0.0591 e. The van der Waals surface area contributed by atoms with Gasteiger partial charge in [0, 0.05) is 0 Å². The molecule has 0 heterocycles. The molecule has 4 saturated carbocycles. The zero-order valence-corrected chi connectivity index (χ0v) is 18.0. The second-order valence-electron chi connectivity index (χ2n) is 11.8.